The fourth-order valence-electron chi connectivity index (χ4n) is 4.34. The molecule has 5 N–H and O–H groups in total. The van der Waals surface area contributed by atoms with E-state index in [1.165, 1.54) is 17.2 Å². The van der Waals surface area contributed by atoms with Gasteiger partial charge in [0.15, 0.2) is 11.6 Å². The number of hydrogen-bond acceptors (Lipinski definition) is 9. The molecule has 2 aliphatic heterocycles. The summed E-state index contributed by atoms with van der Waals surface area (Å²) in [5.74, 6) is 0.492. The number of rotatable bonds is 7. The third-order valence-corrected chi connectivity index (χ3v) is 6.41. The number of quaternary nitrogens is 1. The van der Waals surface area contributed by atoms with Crippen molar-refractivity contribution in [3.05, 3.63) is 64.3 Å². The van der Waals surface area contributed by atoms with E-state index in [0.717, 1.165) is 35.1 Å². The Morgan fingerprint density at radius 2 is 1.97 bits per heavy atom. The first kappa shape index (κ1) is 24.5. The maximum Gasteiger partial charge on any atom is 0.354 e. The van der Waals surface area contributed by atoms with Crippen LogP contribution in [0.2, 0.25) is 5.02 Å². The van der Waals surface area contributed by atoms with Crippen molar-refractivity contribution in [3.8, 4) is 0 Å². The fourth-order valence-corrected chi connectivity index (χ4v) is 4.77. The SMILES string of the molecule is Cc1cc(Nc2ccc(/C=N/[NH2+]c3ncc(F)c(N4CCOCC4)n3)nc2)cc(Cl)c1C1CNNC1. The second-order valence-electron chi connectivity index (χ2n) is 8.65. The van der Waals surface area contributed by atoms with Gasteiger partial charge in [-0.2, -0.15) is 15.4 Å². The van der Waals surface area contributed by atoms with Crippen LogP contribution in [0, 0.1) is 12.7 Å². The Balaban J connectivity index is 1.20. The van der Waals surface area contributed by atoms with Gasteiger partial charge in [-0.15, -0.1) is 0 Å². The van der Waals surface area contributed by atoms with Crippen molar-refractivity contribution < 1.29 is 14.6 Å². The van der Waals surface area contributed by atoms with E-state index in [1.807, 2.05) is 23.1 Å². The van der Waals surface area contributed by atoms with Crippen LogP contribution >= 0.6 is 11.6 Å². The summed E-state index contributed by atoms with van der Waals surface area (Å²) in [5, 5.41) is 8.37. The van der Waals surface area contributed by atoms with Gasteiger partial charge in [0.25, 0.3) is 0 Å². The van der Waals surface area contributed by atoms with Crippen LogP contribution in [-0.2, 0) is 4.74 Å². The summed E-state index contributed by atoms with van der Waals surface area (Å²) in [5.41, 5.74) is 12.5. The topological polar surface area (TPSA) is 116 Å². The quantitative estimate of drug-likeness (QED) is 0.216. The number of aromatic nitrogens is 3. The minimum absolute atomic E-state index is 0.267. The highest BCUT2D eigenvalue weighted by molar-refractivity contribution is 6.31. The Labute approximate surface area is 213 Å². The molecule has 0 atom stereocenters. The first-order chi connectivity index (χ1) is 17.6. The number of benzene rings is 1. The average molecular weight is 513 g/mol. The van der Waals surface area contributed by atoms with Gasteiger partial charge in [0.1, 0.15) is 6.21 Å². The van der Waals surface area contributed by atoms with E-state index >= 15 is 0 Å². The number of nitrogens with two attached hydrogens (primary N) is 1. The Hall–Kier alpha value is -3.22. The maximum absolute atomic E-state index is 14.2. The first-order valence-electron chi connectivity index (χ1n) is 11.8. The molecule has 1 aromatic carbocycles. The highest BCUT2D eigenvalue weighted by atomic mass is 35.5. The lowest BCUT2D eigenvalue weighted by molar-refractivity contribution is -0.584. The minimum atomic E-state index is -0.457. The molecule has 0 unspecified atom stereocenters. The zero-order chi connectivity index (χ0) is 24.9. The third-order valence-electron chi connectivity index (χ3n) is 6.09. The lowest BCUT2D eigenvalue weighted by atomic mass is 9.95. The van der Waals surface area contributed by atoms with Crippen LogP contribution in [0.1, 0.15) is 22.7 Å². The van der Waals surface area contributed by atoms with Crippen LogP contribution in [0.4, 0.5) is 27.5 Å². The van der Waals surface area contributed by atoms with Gasteiger partial charge in [-0.1, -0.05) is 16.7 Å². The molecule has 12 heteroatoms. The van der Waals surface area contributed by atoms with Gasteiger partial charge in [-0.25, -0.2) is 4.39 Å². The molecule has 2 fully saturated rings. The van der Waals surface area contributed by atoms with Crippen molar-refractivity contribution in [2.75, 3.05) is 49.6 Å². The lowest BCUT2D eigenvalue weighted by Gasteiger charge is -2.27. The summed E-state index contributed by atoms with van der Waals surface area (Å²) >= 11 is 6.61. The van der Waals surface area contributed by atoms with E-state index in [1.54, 1.807) is 12.4 Å². The highest BCUT2D eigenvalue weighted by Crippen LogP contribution is 2.32. The molecule has 188 valence electrons. The number of pyridine rings is 1. The Kier molecular flexibility index (Phi) is 7.63. The molecular formula is C24H28ClFN9O+. The number of nitrogens with zero attached hydrogens (tertiary/aromatic N) is 5. The predicted octanol–water partition coefficient (Wildman–Crippen LogP) is 1.97. The molecule has 36 heavy (non-hydrogen) atoms. The van der Waals surface area contributed by atoms with E-state index in [2.05, 4.69) is 49.2 Å². The molecule has 0 amide bonds. The summed E-state index contributed by atoms with van der Waals surface area (Å²) in [6.07, 6.45) is 4.50. The lowest BCUT2D eigenvalue weighted by Crippen LogP contribution is -2.72. The number of morpholine rings is 1. The van der Waals surface area contributed by atoms with Crippen LogP contribution in [0.15, 0.2) is 41.8 Å². The fraction of sp³-hybridized carbons (Fsp3) is 0.333. The Morgan fingerprint density at radius 1 is 1.17 bits per heavy atom. The molecule has 0 spiro atoms. The minimum Gasteiger partial charge on any atom is -0.378 e. The summed E-state index contributed by atoms with van der Waals surface area (Å²) in [6.45, 7) is 6.07. The second kappa shape index (κ2) is 11.2. The van der Waals surface area contributed by atoms with E-state index in [4.69, 9.17) is 16.3 Å². The number of anilines is 3. The van der Waals surface area contributed by atoms with E-state index in [-0.39, 0.29) is 5.82 Å². The molecule has 4 heterocycles. The van der Waals surface area contributed by atoms with E-state index in [0.29, 0.717) is 43.9 Å². The van der Waals surface area contributed by atoms with Gasteiger partial charge in [-0.3, -0.25) is 15.8 Å². The number of hydrazine groups is 1. The number of aryl methyl sites for hydroxylation is 1. The molecule has 0 aliphatic carbocycles. The van der Waals surface area contributed by atoms with E-state index < -0.39 is 5.82 Å². The molecule has 2 aromatic heterocycles. The largest absolute Gasteiger partial charge is 0.378 e. The zero-order valence-corrected chi connectivity index (χ0v) is 20.6. The van der Waals surface area contributed by atoms with Gasteiger partial charge in [0.05, 0.1) is 37.0 Å². The molecule has 2 aliphatic rings. The van der Waals surface area contributed by atoms with Gasteiger partial charge >= 0.3 is 5.95 Å². The van der Waals surface area contributed by atoms with Crippen molar-refractivity contribution in [1.82, 2.24) is 25.8 Å². The molecular weight excluding hydrogens is 485 g/mol. The Morgan fingerprint density at radius 3 is 2.69 bits per heavy atom. The average Bonchev–Trinajstić information content (AvgIpc) is 3.41. The molecule has 2 saturated heterocycles. The highest BCUT2D eigenvalue weighted by Gasteiger charge is 2.22. The molecule has 5 rings (SSSR count). The van der Waals surface area contributed by atoms with Crippen LogP contribution in [0.3, 0.4) is 0 Å². The molecule has 0 bridgehead atoms. The standard InChI is InChI=1S/C24H27ClFN9O/c1-15-8-19(9-20(25)22(15)16-10-29-30-11-16)32-18-3-2-17(27-12-18)13-31-34-24-28-14-21(26)23(33-24)35-4-6-36-7-5-35/h2-3,8-9,12-14,16,29-30,32H,4-7,10-11H2,1H3,(H,28,33,34)/p+1/b31-13+. The molecule has 3 aromatic rings. The van der Waals surface area contributed by atoms with Crippen molar-refractivity contribution in [1.29, 1.82) is 0 Å². The molecule has 10 nitrogen and oxygen atoms in total. The number of nitrogens with one attached hydrogen (secondary N) is 3. The summed E-state index contributed by atoms with van der Waals surface area (Å²) in [4.78, 5) is 14.6. The smallest absolute Gasteiger partial charge is 0.354 e. The Bertz CT molecular complexity index is 1210. The van der Waals surface area contributed by atoms with Crippen molar-refractivity contribution in [3.63, 3.8) is 0 Å². The summed E-state index contributed by atoms with van der Waals surface area (Å²) < 4.78 is 19.5. The van der Waals surface area contributed by atoms with E-state index in [9.17, 15) is 4.39 Å². The summed E-state index contributed by atoms with van der Waals surface area (Å²) in [7, 11) is 0. The van der Waals surface area contributed by atoms with Gasteiger partial charge in [0, 0.05) is 42.8 Å². The zero-order valence-electron chi connectivity index (χ0n) is 19.8. The monoisotopic (exact) mass is 512 g/mol. The van der Waals surface area contributed by atoms with Crippen LogP contribution in [0.25, 0.3) is 0 Å². The normalized spacial score (nSPS) is 16.7. The van der Waals surface area contributed by atoms with Gasteiger partial charge < -0.3 is 15.0 Å². The van der Waals surface area contributed by atoms with Crippen molar-refractivity contribution in [2.45, 2.75) is 12.8 Å². The predicted molar refractivity (Wildman–Crippen MR) is 137 cm³/mol. The third kappa shape index (κ3) is 5.77. The van der Waals surface area contributed by atoms with Crippen LogP contribution in [0.5, 0.6) is 0 Å². The number of ether oxygens (including phenoxy) is 1. The maximum atomic E-state index is 14.2. The number of hydrogen-bond donors (Lipinski definition) is 4. The van der Waals surface area contributed by atoms with Gasteiger partial charge in [0.2, 0.25) is 0 Å². The summed E-state index contributed by atoms with van der Waals surface area (Å²) in [6, 6.07) is 7.81. The van der Waals surface area contributed by atoms with Crippen LogP contribution < -0.4 is 26.5 Å². The van der Waals surface area contributed by atoms with Crippen molar-refractivity contribution in [2.24, 2.45) is 5.10 Å². The van der Waals surface area contributed by atoms with Crippen LogP contribution in [-0.4, -0.2) is 60.6 Å². The van der Waals surface area contributed by atoms with Crippen molar-refractivity contribution >= 4 is 41.0 Å². The molecule has 0 saturated carbocycles. The first-order valence-corrected chi connectivity index (χ1v) is 12.1. The number of halogens is 2. The van der Waals surface area contributed by atoms with Gasteiger partial charge in [-0.05, 0) is 42.3 Å². The molecule has 0 radical (unpaired) electrons. The second-order valence-corrected chi connectivity index (χ2v) is 9.06.